The van der Waals surface area contributed by atoms with Gasteiger partial charge in [-0.3, -0.25) is 4.99 Å². The van der Waals surface area contributed by atoms with Gasteiger partial charge < -0.3 is 0 Å². The number of hydrogen-bond acceptors (Lipinski definition) is 1. The highest BCUT2D eigenvalue weighted by Gasteiger charge is 2.10. The van der Waals surface area contributed by atoms with Gasteiger partial charge in [-0.15, -0.1) is 0 Å². The van der Waals surface area contributed by atoms with Crippen LogP contribution in [0.1, 0.15) is 37.7 Å². The molecule has 0 unspecified atom stereocenters. The second-order valence-electron chi connectivity index (χ2n) is 3.98. The molecule has 0 radical (unpaired) electrons. The van der Waals surface area contributed by atoms with Crippen LogP contribution in [0.4, 0.5) is 0 Å². The topological polar surface area (TPSA) is 12.4 Å². The van der Waals surface area contributed by atoms with Crippen molar-refractivity contribution in [2.45, 2.75) is 38.1 Å². The number of benzene rings is 1. The molecular formula is C13H17N. The second-order valence-corrected chi connectivity index (χ2v) is 3.98. The van der Waals surface area contributed by atoms with Crippen LogP contribution in [-0.4, -0.2) is 12.3 Å². The maximum atomic E-state index is 4.63. The average molecular weight is 187 g/mol. The van der Waals surface area contributed by atoms with Crippen LogP contribution in [-0.2, 0) is 0 Å². The molecule has 1 nitrogen and oxygen atoms in total. The van der Waals surface area contributed by atoms with Crippen molar-refractivity contribution in [3.05, 3.63) is 35.9 Å². The fraction of sp³-hybridized carbons (Fsp3) is 0.462. The minimum absolute atomic E-state index is 0.587. The van der Waals surface area contributed by atoms with E-state index < -0.39 is 0 Å². The molecule has 0 saturated heterocycles. The number of hydrogen-bond donors (Lipinski definition) is 0. The molecular weight excluding hydrogens is 170 g/mol. The molecule has 1 aliphatic rings. The van der Waals surface area contributed by atoms with E-state index in [1.807, 2.05) is 12.3 Å². The van der Waals surface area contributed by atoms with Gasteiger partial charge in [0.15, 0.2) is 0 Å². The standard InChI is InChI=1S/C13H17N/c1-3-7-12(8-4-1)11-14-13-9-5-2-6-10-13/h1,3-4,7-8,11,13H,2,5-6,9-10H2/b14-11-. The summed E-state index contributed by atoms with van der Waals surface area (Å²) in [5.41, 5.74) is 1.22. The number of aliphatic imine (C=N–C) groups is 1. The van der Waals surface area contributed by atoms with Crippen LogP contribution in [0.5, 0.6) is 0 Å². The van der Waals surface area contributed by atoms with Gasteiger partial charge in [-0.1, -0.05) is 49.6 Å². The first-order valence-corrected chi connectivity index (χ1v) is 5.53. The fourth-order valence-corrected chi connectivity index (χ4v) is 1.96. The van der Waals surface area contributed by atoms with E-state index in [1.165, 1.54) is 37.7 Å². The van der Waals surface area contributed by atoms with Crippen LogP contribution in [0, 0.1) is 0 Å². The predicted molar refractivity (Wildman–Crippen MR) is 60.9 cm³/mol. The van der Waals surface area contributed by atoms with Crippen molar-refractivity contribution >= 4 is 6.21 Å². The van der Waals surface area contributed by atoms with Gasteiger partial charge in [-0.2, -0.15) is 0 Å². The zero-order valence-electron chi connectivity index (χ0n) is 8.52. The second kappa shape index (κ2) is 4.94. The Hall–Kier alpha value is -1.11. The molecule has 0 aliphatic heterocycles. The van der Waals surface area contributed by atoms with E-state index in [0.717, 1.165) is 0 Å². The third kappa shape index (κ3) is 2.69. The van der Waals surface area contributed by atoms with Crippen LogP contribution in [0.25, 0.3) is 0 Å². The first-order valence-electron chi connectivity index (χ1n) is 5.53. The molecule has 74 valence electrons. The van der Waals surface area contributed by atoms with Gasteiger partial charge in [0.25, 0.3) is 0 Å². The summed E-state index contributed by atoms with van der Waals surface area (Å²) in [6, 6.07) is 10.9. The molecule has 0 N–H and O–H groups in total. The van der Waals surface area contributed by atoms with E-state index in [2.05, 4.69) is 29.3 Å². The Balaban J connectivity index is 1.93. The van der Waals surface area contributed by atoms with Gasteiger partial charge in [0.2, 0.25) is 0 Å². The monoisotopic (exact) mass is 187 g/mol. The smallest absolute Gasteiger partial charge is 0.0499 e. The maximum Gasteiger partial charge on any atom is 0.0499 e. The molecule has 1 saturated carbocycles. The van der Waals surface area contributed by atoms with Crippen LogP contribution < -0.4 is 0 Å². The van der Waals surface area contributed by atoms with Crippen molar-refractivity contribution in [2.75, 3.05) is 0 Å². The summed E-state index contributed by atoms with van der Waals surface area (Å²) in [7, 11) is 0. The molecule has 1 aromatic carbocycles. The summed E-state index contributed by atoms with van der Waals surface area (Å²) < 4.78 is 0. The molecule has 1 heteroatoms. The molecule has 2 rings (SSSR count). The Labute approximate surface area is 85.9 Å². The lowest BCUT2D eigenvalue weighted by Crippen LogP contribution is -2.09. The van der Waals surface area contributed by atoms with Crippen LogP contribution in [0.3, 0.4) is 0 Å². The van der Waals surface area contributed by atoms with Gasteiger partial charge in [0.05, 0.1) is 0 Å². The zero-order valence-corrected chi connectivity index (χ0v) is 8.52. The molecule has 0 bridgehead atoms. The third-order valence-electron chi connectivity index (χ3n) is 2.81. The highest BCUT2D eigenvalue weighted by atomic mass is 14.8. The van der Waals surface area contributed by atoms with Crippen LogP contribution in [0.2, 0.25) is 0 Å². The quantitative estimate of drug-likeness (QED) is 0.629. The lowest BCUT2D eigenvalue weighted by atomic mass is 9.96. The summed E-state index contributed by atoms with van der Waals surface area (Å²) in [5, 5.41) is 0. The first-order chi connectivity index (χ1) is 6.95. The van der Waals surface area contributed by atoms with Gasteiger partial charge in [0, 0.05) is 12.3 Å². The van der Waals surface area contributed by atoms with Crippen molar-refractivity contribution < 1.29 is 0 Å². The Morgan fingerprint density at radius 3 is 2.43 bits per heavy atom. The van der Waals surface area contributed by atoms with Crippen molar-refractivity contribution in [3.8, 4) is 0 Å². The average Bonchev–Trinajstić information content (AvgIpc) is 2.29. The fourth-order valence-electron chi connectivity index (χ4n) is 1.96. The minimum atomic E-state index is 0.587. The highest BCUT2D eigenvalue weighted by Crippen LogP contribution is 2.19. The molecule has 0 amide bonds. The molecule has 1 fully saturated rings. The van der Waals surface area contributed by atoms with E-state index in [1.54, 1.807) is 0 Å². The molecule has 0 heterocycles. The normalized spacial score (nSPS) is 18.9. The Morgan fingerprint density at radius 2 is 1.71 bits per heavy atom. The summed E-state index contributed by atoms with van der Waals surface area (Å²) in [6.45, 7) is 0. The van der Waals surface area contributed by atoms with E-state index in [0.29, 0.717) is 6.04 Å². The van der Waals surface area contributed by atoms with Gasteiger partial charge in [0.1, 0.15) is 0 Å². The van der Waals surface area contributed by atoms with Crippen molar-refractivity contribution in [3.63, 3.8) is 0 Å². The largest absolute Gasteiger partial charge is 0.289 e. The Kier molecular flexibility index (Phi) is 3.33. The zero-order chi connectivity index (χ0) is 9.64. The minimum Gasteiger partial charge on any atom is -0.289 e. The molecule has 14 heavy (non-hydrogen) atoms. The Morgan fingerprint density at radius 1 is 1.00 bits per heavy atom. The molecule has 0 aromatic heterocycles. The van der Waals surface area contributed by atoms with Crippen LogP contribution in [0.15, 0.2) is 35.3 Å². The number of rotatable bonds is 2. The Bertz CT molecular complexity index is 283. The molecule has 0 atom stereocenters. The van der Waals surface area contributed by atoms with Crippen molar-refractivity contribution in [1.82, 2.24) is 0 Å². The van der Waals surface area contributed by atoms with E-state index in [9.17, 15) is 0 Å². The molecule has 0 spiro atoms. The first kappa shape index (κ1) is 9.45. The van der Waals surface area contributed by atoms with Crippen molar-refractivity contribution in [2.24, 2.45) is 4.99 Å². The molecule has 1 aliphatic carbocycles. The van der Waals surface area contributed by atoms with E-state index in [4.69, 9.17) is 0 Å². The maximum absolute atomic E-state index is 4.63. The SMILES string of the molecule is C(=N/C1CCCCC1)/c1ccccc1. The summed E-state index contributed by atoms with van der Waals surface area (Å²) in [4.78, 5) is 4.63. The highest BCUT2D eigenvalue weighted by molar-refractivity contribution is 5.79. The number of nitrogens with zero attached hydrogens (tertiary/aromatic N) is 1. The van der Waals surface area contributed by atoms with Gasteiger partial charge in [-0.05, 0) is 18.4 Å². The summed E-state index contributed by atoms with van der Waals surface area (Å²) in [5.74, 6) is 0. The lowest BCUT2D eigenvalue weighted by molar-refractivity contribution is 0.444. The van der Waals surface area contributed by atoms with E-state index in [-0.39, 0.29) is 0 Å². The van der Waals surface area contributed by atoms with E-state index >= 15 is 0 Å². The predicted octanol–water partition coefficient (Wildman–Crippen LogP) is 3.44. The van der Waals surface area contributed by atoms with Crippen molar-refractivity contribution in [1.29, 1.82) is 0 Å². The summed E-state index contributed by atoms with van der Waals surface area (Å²) in [6.07, 6.45) is 8.70. The third-order valence-corrected chi connectivity index (χ3v) is 2.81. The lowest BCUT2D eigenvalue weighted by Gasteiger charge is -2.16. The van der Waals surface area contributed by atoms with Gasteiger partial charge >= 0.3 is 0 Å². The molecule has 1 aromatic rings. The van der Waals surface area contributed by atoms with Crippen LogP contribution >= 0.6 is 0 Å². The van der Waals surface area contributed by atoms with Gasteiger partial charge in [-0.25, -0.2) is 0 Å². The summed E-state index contributed by atoms with van der Waals surface area (Å²) >= 11 is 0.